The van der Waals surface area contributed by atoms with Crippen molar-refractivity contribution in [3.05, 3.63) is 52.6 Å². The molecule has 130 valence electrons. The van der Waals surface area contributed by atoms with E-state index in [1.807, 2.05) is 12.1 Å². The molecule has 1 amide bonds. The molecule has 2 aliphatic rings. The Bertz CT molecular complexity index is 826. The molecule has 2 heterocycles. The number of fused-ring (bicyclic) bond motifs is 1. The summed E-state index contributed by atoms with van der Waals surface area (Å²) in [5.41, 5.74) is 1.81. The van der Waals surface area contributed by atoms with Crippen LogP contribution in [0.5, 0.6) is 0 Å². The van der Waals surface area contributed by atoms with Crippen molar-refractivity contribution in [2.45, 2.75) is 43.7 Å². The average Bonchev–Trinajstić information content (AvgIpc) is 3.01. The number of H-pyrrole nitrogens is 1. The highest BCUT2D eigenvalue weighted by Gasteiger charge is 2.50. The van der Waals surface area contributed by atoms with Crippen molar-refractivity contribution in [3.63, 3.8) is 0 Å². The molecule has 1 unspecified atom stereocenters. The van der Waals surface area contributed by atoms with Gasteiger partial charge in [-0.2, -0.15) is 0 Å². The maximum Gasteiger partial charge on any atom is 0.326 e. The number of hydrogen-bond acceptors (Lipinski definition) is 3. The molecule has 0 spiro atoms. The summed E-state index contributed by atoms with van der Waals surface area (Å²) < 4.78 is 0. The molecule has 1 aromatic heterocycles. The molecule has 2 aromatic rings. The Hall–Kier alpha value is -2.34. The number of halogens is 1. The Balaban J connectivity index is 1.70. The highest BCUT2D eigenvalue weighted by Crippen LogP contribution is 2.46. The fourth-order valence-electron chi connectivity index (χ4n) is 3.87. The normalized spacial score (nSPS) is 21.3. The highest BCUT2D eigenvalue weighted by atomic mass is 35.5. The van der Waals surface area contributed by atoms with Gasteiger partial charge in [0.15, 0.2) is 0 Å². The Morgan fingerprint density at radius 2 is 2.00 bits per heavy atom. The van der Waals surface area contributed by atoms with Crippen LogP contribution in [0.3, 0.4) is 0 Å². The predicted molar refractivity (Wildman–Crippen MR) is 91.2 cm³/mol. The quantitative estimate of drug-likeness (QED) is 0.881. The van der Waals surface area contributed by atoms with Gasteiger partial charge in [-0.25, -0.2) is 9.78 Å². The minimum Gasteiger partial charge on any atom is -0.480 e. The van der Waals surface area contributed by atoms with Crippen molar-refractivity contribution in [2.24, 2.45) is 0 Å². The van der Waals surface area contributed by atoms with E-state index < -0.39 is 17.4 Å². The number of rotatable bonds is 3. The van der Waals surface area contributed by atoms with E-state index in [1.165, 1.54) is 4.90 Å². The average molecular weight is 360 g/mol. The first kappa shape index (κ1) is 16.1. The van der Waals surface area contributed by atoms with E-state index in [-0.39, 0.29) is 18.9 Å². The maximum atomic E-state index is 13.4. The monoisotopic (exact) mass is 359 g/mol. The van der Waals surface area contributed by atoms with E-state index >= 15 is 0 Å². The van der Waals surface area contributed by atoms with Crippen molar-refractivity contribution < 1.29 is 14.7 Å². The van der Waals surface area contributed by atoms with Crippen molar-refractivity contribution in [1.82, 2.24) is 14.9 Å². The van der Waals surface area contributed by atoms with Crippen LogP contribution in [0.1, 0.15) is 36.2 Å². The fourth-order valence-corrected chi connectivity index (χ4v) is 4.00. The van der Waals surface area contributed by atoms with Crippen molar-refractivity contribution in [2.75, 3.05) is 0 Å². The summed E-state index contributed by atoms with van der Waals surface area (Å²) in [6.07, 6.45) is 4.19. The lowest BCUT2D eigenvalue weighted by atomic mass is 9.63. The highest BCUT2D eigenvalue weighted by molar-refractivity contribution is 6.30. The van der Waals surface area contributed by atoms with E-state index in [1.54, 1.807) is 18.5 Å². The van der Waals surface area contributed by atoms with Crippen molar-refractivity contribution >= 4 is 23.5 Å². The zero-order chi connectivity index (χ0) is 17.6. The molecule has 1 atom stereocenters. The summed E-state index contributed by atoms with van der Waals surface area (Å²) in [5, 5.41) is 10.3. The van der Waals surface area contributed by atoms with E-state index in [2.05, 4.69) is 9.97 Å². The first-order valence-electron chi connectivity index (χ1n) is 8.32. The lowest BCUT2D eigenvalue weighted by Gasteiger charge is -2.46. The number of carboxylic acid groups (broad SMARTS) is 1. The molecule has 1 fully saturated rings. The van der Waals surface area contributed by atoms with Gasteiger partial charge in [0.1, 0.15) is 6.04 Å². The third kappa shape index (κ3) is 2.52. The van der Waals surface area contributed by atoms with Crippen LogP contribution in [0, 0.1) is 0 Å². The van der Waals surface area contributed by atoms with Gasteiger partial charge in [0.25, 0.3) is 0 Å². The summed E-state index contributed by atoms with van der Waals surface area (Å²) in [5.74, 6) is -1.11. The molecule has 1 saturated carbocycles. The molecule has 1 aliphatic heterocycles. The number of carbonyl (C=O) groups is 2. The van der Waals surface area contributed by atoms with Gasteiger partial charge in [0.05, 0.1) is 29.7 Å². The SMILES string of the molecule is O=C(O)C1Cc2nc[nH]c2CN1C(=O)C1(c2ccc(Cl)cc2)CCC1. The summed E-state index contributed by atoms with van der Waals surface area (Å²) in [7, 11) is 0. The molecule has 0 radical (unpaired) electrons. The van der Waals surface area contributed by atoms with Gasteiger partial charge in [-0.05, 0) is 30.5 Å². The van der Waals surface area contributed by atoms with Gasteiger partial charge in [-0.3, -0.25) is 4.79 Å². The van der Waals surface area contributed by atoms with Crippen LogP contribution in [-0.2, 0) is 28.0 Å². The second-order valence-electron chi connectivity index (χ2n) is 6.76. The second-order valence-corrected chi connectivity index (χ2v) is 7.20. The first-order valence-corrected chi connectivity index (χ1v) is 8.70. The third-order valence-electron chi connectivity index (χ3n) is 5.46. The Morgan fingerprint density at radius 3 is 2.60 bits per heavy atom. The minimum absolute atomic E-state index is 0.117. The number of carboxylic acids is 1. The number of benzene rings is 1. The number of hydrogen-bond donors (Lipinski definition) is 2. The molecule has 4 rings (SSSR count). The number of aromatic amines is 1. The molecule has 2 N–H and O–H groups in total. The number of nitrogens with zero attached hydrogens (tertiary/aromatic N) is 2. The number of nitrogens with one attached hydrogen (secondary N) is 1. The van der Waals surface area contributed by atoms with Crippen LogP contribution in [0.15, 0.2) is 30.6 Å². The molecule has 0 saturated heterocycles. The molecule has 25 heavy (non-hydrogen) atoms. The van der Waals surface area contributed by atoms with Crippen molar-refractivity contribution in [3.8, 4) is 0 Å². The van der Waals surface area contributed by atoms with E-state index in [0.717, 1.165) is 36.2 Å². The molecular formula is C18H18ClN3O3. The summed E-state index contributed by atoms with van der Waals surface area (Å²) in [6.45, 7) is 0.250. The van der Waals surface area contributed by atoms with E-state index in [0.29, 0.717) is 5.02 Å². The number of aromatic nitrogens is 2. The standard InChI is InChI=1S/C18H18ClN3O3/c19-12-4-2-11(3-5-12)18(6-1-7-18)17(25)22-9-14-13(20-10-21-14)8-15(22)16(23)24/h2-5,10,15H,1,6-9H2,(H,20,21)(H,23,24). The molecule has 1 aliphatic carbocycles. The lowest BCUT2D eigenvalue weighted by molar-refractivity contribution is -0.156. The van der Waals surface area contributed by atoms with Crippen LogP contribution < -0.4 is 0 Å². The smallest absolute Gasteiger partial charge is 0.326 e. The summed E-state index contributed by atoms with van der Waals surface area (Å²) in [4.78, 5) is 33.9. The van der Waals surface area contributed by atoms with Crippen LogP contribution in [0.25, 0.3) is 0 Å². The Morgan fingerprint density at radius 1 is 1.28 bits per heavy atom. The van der Waals surface area contributed by atoms with Crippen LogP contribution in [-0.4, -0.2) is 37.9 Å². The molecular weight excluding hydrogens is 342 g/mol. The van der Waals surface area contributed by atoms with Gasteiger partial charge in [0, 0.05) is 11.4 Å². The number of amides is 1. The van der Waals surface area contributed by atoms with Gasteiger partial charge in [0.2, 0.25) is 5.91 Å². The third-order valence-corrected chi connectivity index (χ3v) is 5.71. The van der Waals surface area contributed by atoms with E-state index in [9.17, 15) is 14.7 Å². The van der Waals surface area contributed by atoms with Gasteiger partial charge >= 0.3 is 5.97 Å². The van der Waals surface area contributed by atoms with Crippen LogP contribution in [0.2, 0.25) is 5.02 Å². The molecule has 7 heteroatoms. The Kier molecular flexibility index (Phi) is 3.80. The van der Waals surface area contributed by atoms with Gasteiger partial charge in [-0.1, -0.05) is 30.2 Å². The zero-order valence-electron chi connectivity index (χ0n) is 13.5. The summed E-state index contributed by atoms with van der Waals surface area (Å²) in [6, 6.07) is 6.43. The number of aliphatic carboxylic acids is 1. The van der Waals surface area contributed by atoms with E-state index in [4.69, 9.17) is 11.6 Å². The predicted octanol–water partition coefficient (Wildman–Crippen LogP) is 2.52. The number of imidazole rings is 1. The largest absolute Gasteiger partial charge is 0.480 e. The number of carbonyl (C=O) groups excluding carboxylic acids is 1. The minimum atomic E-state index is -0.993. The van der Waals surface area contributed by atoms with Gasteiger partial charge in [-0.15, -0.1) is 0 Å². The maximum absolute atomic E-state index is 13.4. The summed E-state index contributed by atoms with van der Waals surface area (Å²) >= 11 is 5.98. The zero-order valence-corrected chi connectivity index (χ0v) is 14.3. The lowest BCUT2D eigenvalue weighted by Crippen LogP contribution is -2.57. The Labute approximate surface area is 149 Å². The second kappa shape index (κ2) is 5.88. The van der Waals surface area contributed by atoms with Gasteiger partial charge < -0.3 is 15.0 Å². The molecule has 0 bridgehead atoms. The van der Waals surface area contributed by atoms with Crippen LogP contribution >= 0.6 is 11.6 Å². The van der Waals surface area contributed by atoms with Crippen molar-refractivity contribution in [1.29, 1.82) is 0 Å². The fraction of sp³-hybridized carbons (Fsp3) is 0.389. The first-order chi connectivity index (χ1) is 12.0. The van der Waals surface area contributed by atoms with Crippen LogP contribution in [0.4, 0.5) is 0 Å². The molecule has 6 nitrogen and oxygen atoms in total. The molecule has 1 aromatic carbocycles. The topological polar surface area (TPSA) is 86.3 Å².